The van der Waals surface area contributed by atoms with E-state index in [0.29, 0.717) is 6.07 Å². The average molecular weight is 270 g/mol. The standard InChI is InChI=1S/C8H7BrF3NO/c9-2-6-4(8(11)12)1-5(10)7(3-14)13-6/h1,8,14H,2-3H2. The fraction of sp³-hybridized carbons (Fsp3) is 0.375. The zero-order valence-electron chi connectivity index (χ0n) is 6.98. The first-order valence-corrected chi connectivity index (χ1v) is 4.85. The van der Waals surface area contributed by atoms with E-state index in [-0.39, 0.29) is 16.7 Å². The fourth-order valence-corrected chi connectivity index (χ4v) is 1.44. The third kappa shape index (κ3) is 2.24. The minimum absolute atomic E-state index is 0.0467. The Bertz CT molecular complexity index is 333. The van der Waals surface area contributed by atoms with Gasteiger partial charge in [-0.15, -0.1) is 0 Å². The minimum Gasteiger partial charge on any atom is -0.390 e. The van der Waals surface area contributed by atoms with Crippen molar-refractivity contribution in [3.8, 4) is 0 Å². The van der Waals surface area contributed by atoms with Crippen molar-refractivity contribution < 1.29 is 18.3 Å². The van der Waals surface area contributed by atoms with Gasteiger partial charge in [0.1, 0.15) is 11.5 Å². The highest BCUT2D eigenvalue weighted by Crippen LogP contribution is 2.25. The summed E-state index contributed by atoms with van der Waals surface area (Å²) >= 11 is 2.96. The van der Waals surface area contributed by atoms with Gasteiger partial charge in [0, 0.05) is 10.9 Å². The molecule has 1 aromatic rings. The molecule has 0 aromatic carbocycles. The Morgan fingerprint density at radius 3 is 2.50 bits per heavy atom. The van der Waals surface area contributed by atoms with Crippen LogP contribution in [0.25, 0.3) is 0 Å². The third-order valence-corrected chi connectivity index (χ3v) is 2.20. The molecule has 0 aliphatic carbocycles. The van der Waals surface area contributed by atoms with Crippen molar-refractivity contribution >= 4 is 15.9 Å². The molecule has 2 nitrogen and oxygen atoms in total. The van der Waals surface area contributed by atoms with Gasteiger partial charge in [-0.05, 0) is 6.07 Å². The molecule has 0 atom stereocenters. The lowest BCUT2D eigenvalue weighted by Crippen LogP contribution is -2.03. The molecular weight excluding hydrogens is 263 g/mol. The van der Waals surface area contributed by atoms with Crippen molar-refractivity contribution in [1.29, 1.82) is 0 Å². The van der Waals surface area contributed by atoms with Crippen LogP contribution in [0, 0.1) is 5.82 Å². The Balaban J connectivity index is 3.24. The predicted octanol–water partition coefficient (Wildman–Crippen LogP) is 2.55. The largest absolute Gasteiger partial charge is 0.390 e. The predicted molar refractivity (Wildman–Crippen MR) is 47.7 cm³/mol. The first-order chi connectivity index (χ1) is 6.60. The summed E-state index contributed by atoms with van der Waals surface area (Å²) in [4.78, 5) is 3.58. The molecule has 0 saturated carbocycles. The zero-order valence-corrected chi connectivity index (χ0v) is 8.56. The van der Waals surface area contributed by atoms with Gasteiger partial charge in [0.05, 0.1) is 12.3 Å². The van der Waals surface area contributed by atoms with Crippen LogP contribution in [-0.4, -0.2) is 10.1 Å². The summed E-state index contributed by atoms with van der Waals surface area (Å²) in [7, 11) is 0. The van der Waals surface area contributed by atoms with E-state index in [1.54, 1.807) is 0 Å². The molecule has 0 unspecified atom stereocenters. The monoisotopic (exact) mass is 269 g/mol. The summed E-state index contributed by atoms with van der Waals surface area (Å²) in [5, 5.41) is 8.76. The molecule has 78 valence electrons. The van der Waals surface area contributed by atoms with Crippen molar-refractivity contribution in [2.75, 3.05) is 0 Å². The van der Waals surface area contributed by atoms with Crippen LogP contribution in [0.2, 0.25) is 0 Å². The number of pyridine rings is 1. The van der Waals surface area contributed by atoms with Gasteiger partial charge < -0.3 is 5.11 Å². The number of hydrogen-bond acceptors (Lipinski definition) is 2. The molecule has 1 heterocycles. The molecule has 0 aliphatic rings. The van der Waals surface area contributed by atoms with Crippen LogP contribution in [-0.2, 0) is 11.9 Å². The Morgan fingerprint density at radius 1 is 1.43 bits per heavy atom. The normalized spacial score (nSPS) is 11.0. The Hall–Kier alpha value is -0.620. The molecule has 0 spiro atoms. The topological polar surface area (TPSA) is 33.1 Å². The van der Waals surface area contributed by atoms with E-state index < -0.39 is 24.4 Å². The maximum absolute atomic E-state index is 13.0. The Labute approximate surface area is 86.9 Å². The van der Waals surface area contributed by atoms with Gasteiger partial charge in [0.15, 0.2) is 0 Å². The molecule has 0 saturated heterocycles. The second-order valence-corrected chi connectivity index (χ2v) is 3.11. The maximum Gasteiger partial charge on any atom is 0.265 e. The van der Waals surface area contributed by atoms with Gasteiger partial charge in [-0.1, -0.05) is 15.9 Å². The molecule has 1 N–H and O–H groups in total. The van der Waals surface area contributed by atoms with Crippen LogP contribution in [0.3, 0.4) is 0 Å². The van der Waals surface area contributed by atoms with Crippen LogP contribution in [0.15, 0.2) is 6.07 Å². The number of rotatable bonds is 3. The van der Waals surface area contributed by atoms with Crippen molar-refractivity contribution in [1.82, 2.24) is 4.98 Å². The number of halogens is 4. The number of nitrogens with zero attached hydrogens (tertiary/aromatic N) is 1. The molecule has 0 radical (unpaired) electrons. The minimum atomic E-state index is -2.77. The summed E-state index contributed by atoms with van der Waals surface area (Å²) < 4.78 is 37.6. The lowest BCUT2D eigenvalue weighted by Gasteiger charge is -2.07. The highest BCUT2D eigenvalue weighted by atomic mass is 79.9. The first-order valence-electron chi connectivity index (χ1n) is 3.73. The third-order valence-electron chi connectivity index (χ3n) is 1.67. The molecule has 0 bridgehead atoms. The second-order valence-electron chi connectivity index (χ2n) is 2.55. The quantitative estimate of drug-likeness (QED) is 0.856. The van der Waals surface area contributed by atoms with Gasteiger partial charge in [0.2, 0.25) is 0 Å². The van der Waals surface area contributed by atoms with E-state index >= 15 is 0 Å². The lowest BCUT2D eigenvalue weighted by atomic mass is 10.2. The van der Waals surface area contributed by atoms with Crippen molar-refractivity contribution in [3.05, 3.63) is 28.8 Å². The lowest BCUT2D eigenvalue weighted by molar-refractivity contribution is 0.149. The van der Waals surface area contributed by atoms with Crippen LogP contribution >= 0.6 is 15.9 Å². The SMILES string of the molecule is OCc1nc(CBr)c(C(F)F)cc1F. The fourth-order valence-electron chi connectivity index (χ4n) is 0.991. The van der Waals surface area contributed by atoms with Gasteiger partial charge >= 0.3 is 0 Å². The van der Waals surface area contributed by atoms with E-state index in [1.807, 2.05) is 0 Å². The Kier molecular flexibility index (Phi) is 3.88. The second kappa shape index (κ2) is 4.75. The summed E-state index contributed by atoms with van der Waals surface area (Å²) in [5.74, 6) is -0.910. The highest BCUT2D eigenvalue weighted by molar-refractivity contribution is 9.08. The van der Waals surface area contributed by atoms with Gasteiger partial charge in [0.25, 0.3) is 6.43 Å². The van der Waals surface area contributed by atoms with Gasteiger partial charge in [-0.2, -0.15) is 0 Å². The number of aliphatic hydroxyl groups excluding tert-OH is 1. The molecule has 14 heavy (non-hydrogen) atoms. The van der Waals surface area contributed by atoms with Crippen molar-refractivity contribution in [2.24, 2.45) is 0 Å². The van der Waals surface area contributed by atoms with E-state index in [0.717, 1.165) is 0 Å². The molecular formula is C8H7BrF3NO. The van der Waals surface area contributed by atoms with Gasteiger partial charge in [-0.25, -0.2) is 13.2 Å². The Morgan fingerprint density at radius 2 is 2.07 bits per heavy atom. The summed E-state index contributed by atoms with van der Waals surface area (Å²) in [6.45, 7) is -0.602. The van der Waals surface area contributed by atoms with E-state index in [2.05, 4.69) is 20.9 Å². The highest BCUT2D eigenvalue weighted by Gasteiger charge is 2.17. The zero-order chi connectivity index (χ0) is 10.7. The molecule has 6 heteroatoms. The number of aromatic nitrogens is 1. The number of aliphatic hydroxyl groups is 1. The summed E-state index contributed by atoms with van der Waals surface area (Å²) in [5.41, 5.74) is -0.620. The van der Waals surface area contributed by atoms with E-state index in [1.165, 1.54) is 0 Å². The smallest absolute Gasteiger partial charge is 0.265 e. The van der Waals surface area contributed by atoms with E-state index in [9.17, 15) is 13.2 Å². The molecule has 1 rings (SSSR count). The van der Waals surface area contributed by atoms with Gasteiger partial charge in [-0.3, -0.25) is 4.98 Å². The van der Waals surface area contributed by atoms with Crippen LogP contribution in [0.1, 0.15) is 23.4 Å². The summed E-state index contributed by atoms with van der Waals surface area (Å²) in [6, 6.07) is 0.708. The molecule has 0 amide bonds. The van der Waals surface area contributed by atoms with Crippen molar-refractivity contribution in [3.63, 3.8) is 0 Å². The first kappa shape index (κ1) is 11.5. The van der Waals surface area contributed by atoms with Crippen LogP contribution in [0.4, 0.5) is 13.2 Å². The number of alkyl halides is 3. The van der Waals surface area contributed by atoms with E-state index in [4.69, 9.17) is 5.11 Å². The maximum atomic E-state index is 13.0. The van der Waals surface area contributed by atoms with Crippen molar-refractivity contribution in [2.45, 2.75) is 18.4 Å². The molecule has 1 aromatic heterocycles. The van der Waals surface area contributed by atoms with Crippen LogP contribution in [0.5, 0.6) is 0 Å². The average Bonchev–Trinajstić information content (AvgIpc) is 2.17. The summed E-state index contributed by atoms with van der Waals surface area (Å²) in [6.07, 6.45) is -2.77. The number of hydrogen-bond donors (Lipinski definition) is 1. The molecule has 0 fully saturated rings. The molecule has 0 aliphatic heterocycles. The van der Waals surface area contributed by atoms with Crippen LogP contribution < -0.4 is 0 Å².